The average molecular weight is 723 g/mol. The first kappa shape index (κ1) is 34.0. The van der Waals surface area contributed by atoms with Crippen molar-refractivity contribution in [3.05, 3.63) is 243 Å². The summed E-state index contributed by atoms with van der Waals surface area (Å²) in [5.74, 6) is 0. The molecule has 3 heteroatoms. The minimum Gasteiger partial charge on any atom is -0.0622 e. The highest BCUT2D eigenvalue weighted by molar-refractivity contribution is 8.34. The molecule has 0 bridgehead atoms. The highest BCUT2D eigenvalue weighted by Crippen LogP contribution is 2.73. The fourth-order valence-corrected chi connectivity index (χ4v) is 27.0. The Balaban J connectivity index is 1.79. The molecule has 0 aliphatic rings. The topological polar surface area (TPSA) is 0 Å². The largest absolute Gasteiger partial charge is 0.230 e. The van der Waals surface area contributed by atoms with E-state index < -0.39 is 22.1 Å². The van der Waals surface area contributed by atoms with Crippen LogP contribution >= 0.6 is 22.1 Å². The minimum atomic E-state index is -2.66. The third-order valence-electron chi connectivity index (χ3n) is 9.84. The SMILES string of the molecule is c1ccc([PH+](C(=P(c2ccccc2)(c2ccccc2)c2ccccc2)[P+](c2ccccc2)(c2ccccc2)c2ccccc2)c2ccccc2)cc1. The Bertz CT molecular complexity index is 2130. The number of hydrogen-bond acceptors (Lipinski definition) is 0. The summed E-state index contributed by atoms with van der Waals surface area (Å²) in [5, 5.41) is 11.1. The van der Waals surface area contributed by atoms with Gasteiger partial charge in [0.1, 0.15) is 34.4 Å². The van der Waals surface area contributed by atoms with Crippen LogP contribution in [0.1, 0.15) is 0 Å². The standard InChI is InChI=1S/C49H40P3/c1-9-25-41(26-10-1)50(42-27-11-2-12-28-42)49(51(43-29-13-3-14-30-43,44-31-15-4-16-32-44)45-33-17-5-18-34-45)52(46-35-19-6-20-36-46,47-37-21-7-22-38-47)48-39-23-8-24-40-48/h1-40H/q+1/p+1. The van der Waals surface area contributed by atoms with Gasteiger partial charge in [-0.25, -0.2) is 0 Å². The van der Waals surface area contributed by atoms with Gasteiger partial charge in [-0.2, -0.15) is 0 Å². The zero-order chi connectivity index (χ0) is 35.1. The maximum Gasteiger partial charge on any atom is 0.230 e. The summed E-state index contributed by atoms with van der Waals surface area (Å²) in [6.07, 6.45) is 0. The molecule has 0 radical (unpaired) electrons. The van der Waals surface area contributed by atoms with Gasteiger partial charge in [0.2, 0.25) is 4.78 Å². The Hall–Kier alpha value is -5.08. The van der Waals surface area contributed by atoms with Gasteiger partial charge in [0.05, 0.1) is 6.89 Å². The van der Waals surface area contributed by atoms with E-state index in [0.717, 1.165) is 0 Å². The van der Waals surface area contributed by atoms with E-state index in [1.54, 1.807) is 4.78 Å². The second-order valence-electron chi connectivity index (χ2n) is 12.8. The molecule has 0 aliphatic carbocycles. The van der Waals surface area contributed by atoms with Crippen molar-refractivity contribution in [3.63, 3.8) is 0 Å². The lowest BCUT2D eigenvalue weighted by atomic mass is 10.4. The van der Waals surface area contributed by atoms with Gasteiger partial charge >= 0.3 is 0 Å². The zero-order valence-corrected chi connectivity index (χ0v) is 31.8. The van der Waals surface area contributed by atoms with Gasteiger partial charge < -0.3 is 0 Å². The Morgan fingerprint density at radius 1 is 0.288 bits per heavy atom. The predicted octanol–water partition coefficient (Wildman–Crippen LogP) is 8.93. The molecule has 52 heavy (non-hydrogen) atoms. The van der Waals surface area contributed by atoms with Gasteiger partial charge in [-0.15, -0.1) is 0 Å². The molecule has 0 amide bonds. The lowest BCUT2D eigenvalue weighted by Crippen LogP contribution is -2.42. The summed E-state index contributed by atoms with van der Waals surface area (Å²) < 4.78 is 1.66. The van der Waals surface area contributed by atoms with E-state index in [1.165, 1.54) is 42.4 Å². The molecule has 0 fully saturated rings. The summed E-state index contributed by atoms with van der Waals surface area (Å²) in [4.78, 5) is 0. The molecule has 0 aromatic heterocycles. The molecule has 0 N–H and O–H groups in total. The van der Waals surface area contributed by atoms with E-state index in [1.807, 2.05) is 0 Å². The van der Waals surface area contributed by atoms with Gasteiger partial charge in [0, 0.05) is 0 Å². The molecule has 8 rings (SSSR count). The van der Waals surface area contributed by atoms with Crippen molar-refractivity contribution >= 4 is 69.3 Å². The average Bonchev–Trinajstić information content (AvgIpc) is 3.25. The summed E-state index contributed by atoms with van der Waals surface area (Å²) in [5.41, 5.74) is 0. The maximum atomic E-state index is 2.42. The monoisotopic (exact) mass is 722 g/mol. The van der Waals surface area contributed by atoms with Crippen molar-refractivity contribution in [2.24, 2.45) is 0 Å². The highest BCUT2D eigenvalue weighted by atomic mass is 31.2. The Morgan fingerprint density at radius 3 is 0.788 bits per heavy atom. The van der Waals surface area contributed by atoms with E-state index in [-0.39, 0.29) is 0 Å². The van der Waals surface area contributed by atoms with Crippen LogP contribution in [0.15, 0.2) is 243 Å². The molecule has 0 spiro atoms. The second-order valence-corrected chi connectivity index (χ2v) is 23.1. The zero-order valence-electron chi connectivity index (χ0n) is 29.0. The molecular weight excluding hydrogens is 681 g/mol. The quantitative estimate of drug-likeness (QED) is 0.124. The van der Waals surface area contributed by atoms with Crippen molar-refractivity contribution in [1.29, 1.82) is 0 Å². The second kappa shape index (κ2) is 15.7. The molecule has 0 unspecified atom stereocenters. The predicted molar refractivity (Wildman–Crippen MR) is 236 cm³/mol. The smallest absolute Gasteiger partial charge is 0.0622 e. The molecule has 0 atom stereocenters. The van der Waals surface area contributed by atoms with Crippen LogP contribution in [0.3, 0.4) is 0 Å². The first-order valence-corrected chi connectivity index (χ1v) is 22.9. The van der Waals surface area contributed by atoms with Crippen LogP contribution in [0.5, 0.6) is 0 Å². The Morgan fingerprint density at radius 2 is 0.519 bits per heavy atom. The van der Waals surface area contributed by atoms with Crippen molar-refractivity contribution < 1.29 is 0 Å². The lowest BCUT2D eigenvalue weighted by Gasteiger charge is -2.37. The van der Waals surface area contributed by atoms with Crippen LogP contribution < -0.4 is 42.4 Å². The number of benzene rings is 8. The van der Waals surface area contributed by atoms with E-state index in [0.29, 0.717) is 0 Å². The molecule has 0 heterocycles. The van der Waals surface area contributed by atoms with Crippen molar-refractivity contribution in [2.45, 2.75) is 0 Å². The normalized spacial score (nSPS) is 11.6. The van der Waals surface area contributed by atoms with Crippen LogP contribution in [-0.2, 0) is 0 Å². The first-order chi connectivity index (χ1) is 25.8. The summed E-state index contributed by atoms with van der Waals surface area (Å²) in [6, 6.07) is 91.8. The minimum absolute atomic E-state index is 1.38. The van der Waals surface area contributed by atoms with E-state index >= 15 is 0 Å². The van der Waals surface area contributed by atoms with Gasteiger partial charge in [0.15, 0.2) is 7.26 Å². The van der Waals surface area contributed by atoms with Gasteiger partial charge in [-0.05, 0) is 76.6 Å². The van der Waals surface area contributed by atoms with Crippen molar-refractivity contribution in [1.82, 2.24) is 0 Å². The maximum absolute atomic E-state index is 2.66. The van der Waals surface area contributed by atoms with Crippen molar-refractivity contribution in [3.8, 4) is 0 Å². The van der Waals surface area contributed by atoms with Crippen LogP contribution in [0.2, 0.25) is 0 Å². The molecule has 8 aromatic carbocycles. The molecule has 0 nitrogen and oxygen atoms in total. The van der Waals surface area contributed by atoms with E-state index in [2.05, 4.69) is 243 Å². The van der Waals surface area contributed by atoms with Crippen LogP contribution in [0, 0.1) is 0 Å². The number of rotatable bonds is 10. The van der Waals surface area contributed by atoms with Gasteiger partial charge in [-0.3, -0.25) is 0 Å². The van der Waals surface area contributed by atoms with E-state index in [4.69, 9.17) is 0 Å². The molecule has 0 saturated heterocycles. The summed E-state index contributed by atoms with van der Waals surface area (Å²) in [7, 11) is -4.37. The Kier molecular flexibility index (Phi) is 10.2. The van der Waals surface area contributed by atoms with Crippen LogP contribution in [0.4, 0.5) is 0 Å². The first-order valence-electron chi connectivity index (χ1n) is 17.8. The molecule has 8 aromatic rings. The van der Waals surface area contributed by atoms with Crippen LogP contribution in [-0.4, -0.2) is 4.78 Å². The van der Waals surface area contributed by atoms with Gasteiger partial charge in [-0.1, -0.05) is 182 Å². The van der Waals surface area contributed by atoms with Gasteiger partial charge in [0.25, 0.3) is 0 Å². The van der Waals surface area contributed by atoms with Crippen molar-refractivity contribution in [2.75, 3.05) is 0 Å². The molecule has 0 saturated carbocycles. The third-order valence-corrected chi connectivity index (χ3v) is 25.0. The summed E-state index contributed by atoms with van der Waals surface area (Å²) >= 11 is 0. The number of hydrogen-bond donors (Lipinski definition) is 0. The third kappa shape index (κ3) is 6.13. The fraction of sp³-hybridized carbons (Fsp3) is 0. The highest BCUT2D eigenvalue weighted by Gasteiger charge is 2.61. The molecule has 250 valence electrons. The lowest BCUT2D eigenvalue weighted by molar-refractivity contribution is 1.73. The Labute approximate surface area is 310 Å². The molecular formula is C49H41P3+2. The van der Waals surface area contributed by atoms with Crippen LogP contribution in [0.25, 0.3) is 0 Å². The van der Waals surface area contributed by atoms with E-state index in [9.17, 15) is 0 Å². The molecule has 0 aliphatic heterocycles. The fourth-order valence-electron chi connectivity index (χ4n) is 7.73. The summed E-state index contributed by atoms with van der Waals surface area (Å²) in [6.45, 7) is -2.66.